The Labute approximate surface area is 284 Å². The van der Waals surface area contributed by atoms with E-state index in [0.717, 1.165) is 27.5 Å². The van der Waals surface area contributed by atoms with Gasteiger partial charge in [-0.05, 0) is 95.5 Å². The summed E-state index contributed by atoms with van der Waals surface area (Å²) < 4.78 is 6.46. The van der Waals surface area contributed by atoms with Gasteiger partial charge in [0.1, 0.15) is 11.2 Å². The van der Waals surface area contributed by atoms with Crippen molar-refractivity contribution in [2.75, 3.05) is 0 Å². The molecule has 0 atom stereocenters. The summed E-state index contributed by atoms with van der Waals surface area (Å²) in [4.78, 5) is 0. The molecule has 0 N–H and O–H groups in total. The molecule has 1 nitrogen and oxygen atoms in total. The zero-order valence-corrected chi connectivity index (χ0v) is 26.7. The molecule has 0 unspecified atom stereocenters. The Kier molecular flexibility index (Phi) is 6.25. The van der Waals surface area contributed by atoms with Gasteiger partial charge in [-0.1, -0.05) is 158 Å². The van der Waals surface area contributed by atoms with Gasteiger partial charge in [-0.25, -0.2) is 0 Å². The molecular weight excluding hydrogens is 593 g/mol. The predicted molar refractivity (Wildman–Crippen MR) is 208 cm³/mol. The second-order valence-corrected chi connectivity index (χ2v) is 12.8. The fourth-order valence-corrected chi connectivity index (χ4v) is 7.90. The molecule has 10 aromatic rings. The van der Waals surface area contributed by atoms with Crippen molar-refractivity contribution in [3.63, 3.8) is 0 Å². The summed E-state index contributed by atoms with van der Waals surface area (Å²) in [5.74, 6) is 0. The zero-order valence-electron chi connectivity index (χ0n) is 26.7. The van der Waals surface area contributed by atoms with Crippen LogP contribution in [-0.4, -0.2) is 0 Å². The maximum atomic E-state index is 6.46. The SMILES string of the molecule is c1ccc(-c2c3ccccc3c(-c3cccc(-c4c(-c5ccc6ccccc6c5)ccc5oc6ccccc6c45)c3)c3ccccc23)cc1. The molecule has 0 saturated heterocycles. The maximum Gasteiger partial charge on any atom is 0.136 e. The molecule has 1 heteroatoms. The number of para-hydroxylation sites is 1. The van der Waals surface area contributed by atoms with E-state index in [-0.39, 0.29) is 0 Å². The van der Waals surface area contributed by atoms with Crippen LogP contribution in [0.3, 0.4) is 0 Å². The van der Waals surface area contributed by atoms with Gasteiger partial charge in [0.05, 0.1) is 0 Å². The predicted octanol–water partition coefficient (Wildman–Crippen LogP) is 13.7. The molecule has 0 fully saturated rings. The highest BCUT2D eigenvalue weighted by Gasteiger charge is 2.20. The molecule has 0 spiro atoms. The van der Waals surface area contributed by atoms with E-state index in [9.17, 15) is 0 Å². The van der Waals surface area contributed by atoms with Crippen molar-refractivity contribution in [2.45, 2.75) is 0 Å². The number of fused-ring (bicyclic) bond motifs is 6. The van der Waals surface area contributed by atoms with Crippen molar-refractivity contribution < 1.29 is 4.42 Å². The summed E-state index contributed by atoms with van der Waals surface area (Å²) in [6.07, 6.45) is 0. The van der Waals surface area contributed by atoms with Gasteiger partial charge in [-0.3, -0.25) is 0 Å². The Morgan fingerprint density at radius 2 is 0.837 bits per heavy atom. The lowest BCUT2D eigenvalue weighted by molar-refractivity contribution is 0.669. The zero-order chi connectivity index (χ0) is 32.3. The maximum absolute atomic E-state index is 6.46. The average molecular weight is 623 g/mol. The highest BCUT2D eigenvalue weighted by molar-refractivity contribution is 6.22. The van der Waals surface area contributed by atoms with Gasteiger partial charge in [0.25, 0.3) is 0 Å². The minimum absolute atomic E-state index is 0.897. The largest absolute Gasteiger partial charge is 0.456 e. The lowest BCUT2D eigenvalue weighted by Gasteiger charge is -2.19. The molecular formula is C48H30O. The van der Waals surface area contributed by atoms with Crippen LogP contribution in [0.1, 0.15) is 0 Å². The second-order valence-electron chi connectivity index (χ2n) is 12.8. The summed E-state index contributed by atoms with van der Waals surface area (Å²) in [5, 5.41) is 9.75. The van der Waals surface area contributed by atoms with Crippen LogP contribution < -0.4 is 0 Å². The van der Waals surface area contributed by atoms with Gasteiger partial charge in [-0.15, -0.1) is 0 Å². The van der Waals surface area contributed by atoms with Crippen molar-refractivity contribution in [1.29, 1.82) is 0 Å². The van der Waals surface area contributed by atoms with Crippen LogP contribution in [0.4, 0.5) is 0 Å². The van der Waals surface area contributed by atoms with Crippen molar-refractivity contribution >= 4 is 54.3 Å². The van der Waals surface area contributed by atoms with E-state index in [0.29, 0.717) is 0 Å². The smallest absolute Gasteiger partial charge is 0.136 e. The molecule has 0 saturated carbocycles. The summed E-state index contributed by atoms with van der Waals surface area (Å²) in [7, 11) is 0. The molecule has 0 amide bonds. The van der Waals surface area contributed by atoms with Gasteiger partial charge in [0, 0.05) is 16.3 Å². The summed E-state index contributed by atoms with van der Waals surface area (Å²) >= 11 is 0. The normalized spacial score (nSPS) is 11.7. The van der Waals surface area contributed by atoms with E-state index >= 15 is 0 Å². The first-order valence-corrected chi connectivity index (χ1v) is 16.8. The lowest BCUT2D eigenvalue weighted by atomic mass is 9.84. The Bertz CT molecular complexity index is 2820. The molecule has 10 rings (SSSR count). The summed E-state index contributed by atoms with van der Waals surface area (Å²) in [6.45, 7) is 0. The van der Waals surface area contributed by atoms with Gasteiger partial charge in [0.15, 0.2) is 0 Å². The first kappa shape index (κ1) is 27.7. The van der Waals surface area contributed by atoms with Crippen LogP contribution in [0.5, 0.6) is 0 Å². The van der Waals surface area contributed by atoms with Gasteiger partial charge in [-0.2, -0.15) is 0 Å². The average Bonchev–Trinajstić information content (AvgIpc) is 3.55. The fraction of sp³-hybridized carbons (Fsp3) is 0. The number of furan rings is 1. The molecule has 0 bridgehead atoms. The number of rotatable bonds is 4. The van der Waals surface area contributed by atoms with E-state index in [2.05, 4.69) is 176 Å². The highest BCUT2D eigenvalue weighted by Crippen LogP contribution is 2.47. The monoisotopic (exact) mass is 622 g/mol. The van der Waals surface area contributed by atoms with E-state index in [4.69, 9.17) is 4.42 Å². The molecule has 49 heavy (non-hydrogen) atoms. The van der Waals surface area contributed by atoms with Crippen molar-refractivity contribution in [2.24, 2.45) is 0 Å². The Hall–Kier alpha value is -6.44. The van der Waals surface area contributed by atoms with Crippen LogP contribution in [0.15, 0.2) is 186 Å². The summed E-state index contributed by atoms with van der Waals surface area (Å²) in [6, 6.07) is 65.8. The second kappa shape index (κ2) is 11.1. The molecule has 1 heterocycles. The lowest BCUT2D eigenvalue weighted by Crippen LogP contribution is -1.92. The van der Waals surface area contributed by atoms with Crippen molar-refractivity contribution in [1.82, 2.24) is 0 Å². The van der Waals surface area contributed by atoms with Crippen LogP contribution in [0.2, 0.25) is 0 Å². The van der Waals surface area contributed by atoms with E-state index in [1.165, 1.54) is 71.3 Å². The van der Waals surface area contributed by atoms with E-state index in [1.54, 1.807) is 0 Å². The van der Waals surface area contributed by atoms with E-state index < -0.39 is 0 Å². The molecule has 0 aliphatic rings. The number of benzene rings is 9. The quantitative estimate of drug-likeness (QED) is 0.178. The van der Waals surface area contributed by atoms with Crippen LogP contribution in [0.25, 0.3) is 98.8 Å². The van der Waals surface area contributed by atoms with Crippen LogP contribution >= 0.6 is 0 Å². The van der Waals surface area contributed by atoms with Gasteiger partial charge >= 0.3 is 0 Å². The van der Waals surface area contributed by atoms with E-state index in [1.807, 2.05) is 6.07 Å². The van der Waals surface area contributed by atoms with Crippen molar-refractivity contribution in [3.05, 3.63) is 182 Å². The summed E-state index contributed by atoms with van der Waals surface area (Å²) in [5.41, 5.74) is 11.5. The standard InChI is InChI=1S/C48H30O/c1-2-14-32(15-3-1)45-38-19-6-8-21-40(38)46(41-22-9-7-20-39(41)45)35-17-12-18-36(30-35)47-37(34-26-25-31-13-4-5-16-33(31)29-34)27-28-44-48(47)42-23-10-11-24-43(42)49-44/h1-30H. The van der Waals surface area contributed by atoms with Crippen LogP contribution in [-0.2, 0) is 0 Å². The first-order chi connectivity index (χ1) is 24.3. The third-order valence-corrected chi connectivity index (χ3v) is 10.0. The molecule has 228 valence electrons. The molecule has 1 aromatic heterocycles. The minimum atomic E-state index is 0.897. The highest BCUT2D eigenvalue weighted by atomic mass is 16.3. The Morgan fingerprint density at radius 1 is 0.286 bits per heavy atom. The molecule has 0 aliphatic carbocycles. The molecule has 0 aliphatic heterocycles. The Morgan fingerprint density at radius 3 is 1.55 bits per heavy atom. The third kappa shape index (κ3) is 4.40. The van der Waals surface area contributed by atoms with Crippen LogP contribution in [0, 0.1) is 0 Å². The molecule has 9 aromatic carbocycles. The topological polar surface area (TPSA) is 13.1 Å². The third-order valence-electron chi connectivity index (χ3n) is 10.0. The number of hydrogen-bond acceptors (Lipinski definition) is 1. The van der Waals surface area contributed by atoms with Crippen molar-refractivity contribution in [3.8, 4) is 44.5 Å². The fourth-order valence-electron chi connectivity index (χ4n) is 7.90. The van der Waals surface area contributed by atoms with Gasteiger partial charge in [0.2, 0.25) is 0 Å². The Balaban J connectivity index is 1.28. The first-order valence-electron chi connectivity index (χ1n) is 16.8. The minimum Gasteiger partial charge on any atom is -0.456 e. The number of hydrogen-bond donors (Lipinski definition) is 0. The van der Waals surface area contributed by atoms with Gasteiger partial charge < -0.3 is 4.42 Å². The molecule has 0 radical (unpaired) electrons.